The third-order valence-electron chi connectivity index (χ3n) is 2.48. The quantitative estimate of drug-likeness (QED) is 0.855. The molecule has 0 spiro atoms. The van der Waals surface area contributed by atoms with E-state index in [0.717, 1.165) is 5.56 Å². The number of hydrogen-bond donors (Lipinski definition) is 2. The molecule has 0 unspecified atom stereocenters. The van der Waals surface area contributed by atoms with Crippen molar-refractivity contribution in [2.45, 2.75) is 6.92 Å². The van der Waals surface area contributed by atoms with E-state index in [-0.39, 0.29) is 5.91 Å². The normalized spacial score (nSPS) is 10.3. The minimum atomic E-state index is -0.474. The topological polar surface area (TPSA) is 71.2 Å². The molecule has 100 valence electrons. The first-order valence-electron chi connectivity index (χ1n) is 5.34. The van der Waals surface area contributed by atoms with Crippen LogP contribution in [0.25, 0.3) is 0 Å². The van der Waals surface area contributed by atoms with Gasteiger partial charge in [-0.1, -0.05) is 11.6 Å². The number of aromatic nitrogens is 1. The molecule has 2 rings (SSSR count). The highest BCUT2D eigenvalue weighted by Gasteiger charge is 2.19. The molecule has 0 saturated heterocycles. The van der Waals surface area contributed by atoms with Gasteiger partial charge in [-0.2, -0.15) is 0 Å². The first kappa shape index (κ1) is 13.6. The van der Waals surface area contributed by atoms with Crippen LogP contribution >= 0.6 is 22.9 Å². The number of ether oxygens (including phenoxy) is 1. The van der Waals surface area contributed by atoms with Gasteiger partial charge in [-0.05, 0) is 23.9 Å². The van der Waals surface area contributed by atoms with E-state index >= 15 is 0 Å². The number of anilines is 1. The van der Waals surface area contributed by atoms with Gasteiger partial charge in [0.05, 0.1) is 17.8 Å². The molecule has 7 heteroatoms. The Morgan fingerprint density at radius 3 is 2.79 bits per heavy atom. The van der Waals surface area contributed by atoms with Crippen molar-refractivity contribution in [1.82, 2.24) is 4.98 Å². The van der Waals surface area contributed by atoms with E-state index in [1.807, 2.05) is 0 Å². The SMILES string of the molecule is COC(=O)c1scc(C)c1NC(=O)c1cc(Cl)c[nH]1. The lowest BCUT2D eigenvalue weighted by Crippen LogP contribution is -2.15. The number of H-pyrrole nitrogens is 1. The summed E-state index contributed by atoms with van der Waals surface area (Å²) in [5.74, 6) is -0.837. The molecule has 0 aromatic carbocycles. The smallest absolute Gasteiger partial charge is 0.350 e. The Labute approximate surface area is 118 Å². The molecule has 2 aromatic heterocycles. The number of amides is 1. The van der Waals surface area contributed by atoms with Crippen molar-refractivity contribution >= 4 is 40.5 Å². The van der Waals surface area contributed by atoms with Crippen molar-refractivity contribution in [3.05, 3.63) is 38.8 Å². The molecule has 0 aliphatic carbocycles. The van der Waals surface area contributed by atoms with Crippen molar-refractivity contribution in [3.8, 4) is 0 Å². The first-order chi connectivity index (χ1) is 9.02. The van der Waals surface area contributed by atoms with Crippen molar-refractivity contribution in [3.63, 3.8) is 0 Å². The fourth-order valence-electron chi connectivity index (χ4n) is 1.52. The predicted octanol–water partition coefficient (Wildman–Crippen LogP) is 3.08. The second-order valence-electron chi connectivity index (χ2n) is 3.80. The van der Waals surface area contributed by atoms with Crippen LogP contribution in [-0.4, -0.2) is 24.0 Å². The van der Waals surface area contributed by atoms with Crippen molar-refractivity contribution in [1.29, 1.82) is 0 Å². The molecule has 19 heavy (non-hydrogen) atoms. The average Bonchev–Trinajstić information content (AvgIpc) is 2.96. The Kier molecular flexibility index (Phi) is 3.92. The van der Waals surface area contributed by atoms with Crippen molar-refractivity contribution in [2.24, 2.45) is 0 Å². The number of hydrogen-bond acceptors (Lipinski definition) is 4. The Balaban J connectivity index is 2.26. The fraction of sp³-hybridized carbons (Fsp3) is 0.167. The Morgan fingerprint density at radius 2 is 2.21 bits per heavy atom. The van der Waals surface area contributed by atoms with Gasteiger partial charge in [0.15, 0.2) is 0 Å². The van der Waals surface area contributed by atoms with E-state index < -0.39 is 5.97 Å². The van der Waals surface area contributed by atoms with Gasteiger partial charge in [-0.25, -0.2) is 4.79 Å². The number of esters is 1. The molecule has 0 radical (unpaired) electrons. The zero-order chi connectivity index (χ0) is 14.0. The summed E-state index contributed by atoms with van der Waals surface area (Å²) >= 11 is 6.96. The van der Waals surface area contributed by atoms with E-state index in [1.165, 1.54) is 30.7 Å². The van der Waals surface area contributed by atoms with Gasteiger partial charge < -0.3 is 15.0 Å². The predicted molar refractivity (Wildman–Crippen MR) is 74.2 cm³/mol. The molecular formula is C12H11ClN2O3S. The lowest BCUT2D eigenvalue weighted by atomic mass is 10.2. The summed E-state index contributed by atoms with van der Waals surface area (Å²) in [5.41, 5.74) is 1.59. The van der Waals surface area contributed by atoms with Crippen LogP contribution in [-0.2, 0) is 4.74 Å². The number of rotatable bonds is 3. The summed E-state index contributed by atoms with van der Waals surface area (Å²) < 4.78 is 4.67. The van der Waals surface area contributed by atoms with Gasteiger partial charge in [-0.15, -0.1) is 11.3 Å². The molecule has 5 nitrogen and oxygen atoms in total. The maximum absolute atomic E-state index is 12.0. The Morgan fingerprint density at radius 1 is 1.47 bits per heavy atom. The summed E-state index contributed by atoms with van der Waals surface area (Å²) in [4.78, 5) is 26.7. The number of aromatic amines is 1. The summed E-state index contributed by atoms with van der Waals surface area (Å²) in [6, 6.07) is 1.51. The van der Waals surface area contributed by atoms with Crippen LogP contribution in [0.3, 0.4) is 0 Å². The zero-order valence-electron chi connectivity index (χ0n) is 10.2. The fourth-order valence-corrected chi connectivity index (χ4v) is 2.61. The minimum Gasteiger partial charge on any atom is -0.465 e. The number of carbonyl (C=O) groups is 2. The molecule has 0 fully saturated rings. The number of methoxy groups -OCH3 is 1. The summed E-state index contributed by atoms with van der Waals surface area (Å²) in [6.07, 6.45) is 1.51. The maximum Gasteiger partial charge on any atom is 0.350 e. The van der Waals surface area contributed by atoms with Crippen LogP contribution in [0.4, 0.5) is 5.69 Å². The van der Waals surface area contributed by atoms with Gasteiger partial charge in [0.1, 0.15) is 10.6 Å². The van der Waals surface area contributed by atoms with E-state index in [1.54, 1.807) is 12.3 Å². The van der Waals surface area contributed by atoms with E-state index in [0.29, 0.717) is 21.3 Å². The number of halogens is 1. The molecule has 0 aliphatic rings. The molecule has 0 atom stereocenters. The van der Waals surface area contributed by atoms with E-state index in [2.05, 4.69) is 15.0 Å². The summed E-state index contributed by atoms with van der Waals surface area (Å²) in [7, 11) is 1.30. The first-order valence-corrected chi connectivity index (χ1v) is 6.60. The van der Waals surface area contributed by atoms with Gasteiger partial charge in [0.25, 0.3) is 5.91 Å². The Hall–Kier alpha value is -1.79. The molecular weight excluding hydrogens is 288 g/mol. The standard InChI is InChI=1S/C12H11ClN2O3S/c1-6-5-19-10(12(17)18-2)9(6)15-11(16)8-3-7(13)4-14-8/h3-5,14H,1-2H3,(H,15,16). The number of nitrogens with one attached hydrogen (secondary N) is 2. The van der Waals surface area contributed by atoms with Crippen LogP contribution in [0.2, 0.25) is 5.02 Å². The van der Waals surface area contributed by atoms with Gasteiger partial charge in [-0.3, -0.25) is 4.79 Å². The second kappa shape index (κ2) is 5.46. The molecule has 0 saturated carbocycles. The average molecular weight is 299 g/mol. The molecule has 2 heterocycles. The highest BCUT2D eigenvalue weighted by molar-refractivity contribution is 7.12. The van der Waals surface area contributed by atoms with Gasteiger partial charge >= 0.3 is 5.97 Å². The monoisotopic (exact) mass is 298 g/mol. The maximum atomic E-state index is 12.0. The number of carbonyl (C=O) groups excluding carboxylic acids is 2. The zero-order valence-corrected chi connectivity index (χ0v) is 11.8. The third kappa shape index (κ3) is 2.80. The lowest BCUT2D eigenvalue weighted by molar-refractivity contribution is 0.0607. The molecule has 2 aromatic rings. The van der Waals surface area contributed by atoms with Crippen LogP contribution in [0, 0.1) is 6.92 Å². The third-order valence-corrected chi connectivity index (χ3v) is 3.77. The van der Waals surface area contributed by atoms with Crippen molar-refractivity contribution < 1.29 is 14.3 Å². The van der Waals surface area contributed by atoms with E-state index in [4.69, 9.17) is 11.6 Å². The van der Waals surface area contributed by atoms with Crippen LogP contribution in [0.1, 0.15) is 25.7 Å². The van der Waals surface area contributed by atoms with Crippen LogP contribution in [0.15, 0.2) is 17.6 Å². The highest BCUT2D eigenvalue weighted by atomic mass is 35.5. The van der Waals surface area contributed by atoms with Crippen LogP contribution in [0.5, 0.6) is 0 Å². The molecule has 2 N–H and O–H groups in total. The molecule has 1 amide bonds. The highest BCUT2D eigenvalue weighted by Crippen LogP contribution is 2.28. The van der Waals surface area contributed by atoms with Gasteiger partial charge in [0.2, 0.25) is 0 Å². The molecule has 0 bridgehead atoms. The number of aryl methyl sites for hydroxylation is 1. The minimum absolute atomic E-state index is 0.325. The Bertz CT molecular complexity index is 633. The lowest BCUT2D eigenvalue weighted by Gasteiger charge is -2.06. The van der Waals surface area contributed by atoms with E-state index in [9.17, 15) is 9.59 Å². The van der Waals surface area contributed by atoms with Crippen LogP contribution < -0.4 is 5.32 Å². The largest absolute Gasteiger partial charge is 0.465 e. The number of thiophene rings is 1. The second-order valence-corrected chi connectivity index (χ2v) is 5.12. The summed E-state index contributed by atoms with van der Waals surface area (Å²) in [6.45, 7) is 1.81. The molecule has 0 aliphatic heterocycles. The van der Waals surface area contributed by atoms with Gasteiger partial charge in [0, 0.05) is 6.20 Å². The van der Waals surface area contributed by atoms with Crippen molar-refractivity contribution in [2.75, 3.05) is 12.4 Å². The summed E-state index contributed by atoms with van der Waals surface area (Å²) in [5, 5.41) is 4.91.